The van der Waals surface area contributed by atoms with Crippen LogP contribution in [0, 0.1) is 6.92 Å². The molecule has 0 aliphatic carbocycles. The fraction of sp³-hybridized carbons (Fsp3) is 0.429. The summed E-state index contributed by atoms with van der Waals surface area (Å²) in [7, 11) is 3.47. The molecule has 0 bridgehead atoms. The van der Waals surface area contributed by atoms with Gasteiger partial charge in [-0.3, -0.25) is 4.99 Å². The van der Waals surface area contributed by atoms with Crippen molar-refractivity contribution in [3.8, 4) is 11.6 Å². The molecule has 0 aliphatic heterocycles. The summed E-state index contributed by atoms with van der Waals surface area (Å²) in [5.74, 6) is 2.35. The highest BCUT2D eigenvalue weighted by atomic mass is 16.5. The van der Waals surface area contributed by atoms with Gasteiger partial charge in [0.2, 0.25) is 5.88 Å². The van der Waals surface area contributed by atoms with E-state index in [4.69, 9.17) is 9.47 Å². The number of guanidine groups is 1. The summed E-state index contributed by atoms with van der Waals surface area (Å²) in [6, 6.07) is 10.2. The molecule has 0 spiro atoms. The summed E-state index contributed by atoms with van der Waals surface area (Å²) < 4.78 is 11.1. The molecule has 0 radical (unpaired) electrons. The number of aryl methyl sites for hydroxylation is 1. The van der Waals surface area contributed by atoms with Gasteiger partial charge in [-0.1, -0.05) is 25.1 Å². The molecule has 6 nitrogen and oxygen atoms in total. The molecule has 1 aromatic heterocycles. The van der Waals surface area contributed by atoms with Crippen LogP contribution in [-0.4, -0.2) is 38.3 Å². The molecule has 2 aromatic rings. The number of methoxy groups -OCH3 is 1. The summed E-state index contributed by atoms with van der Waals surface area (Å²) in [6.07, 6.45) is 3.59. The summed E-state index contributed by atoms with van der Waals surface area (Å²) in [5.41, 5.74) is 3.38. The maximum absolute atomic E-state index is 5.70. The third-order valence-electron chi connectivity index (χ3n) is 4.14. The van der Waals surface area contributed by atoms with Crippen LogP contribution in [-0.2, 0) is 13.0 Å². The second kappa shape index (κ2) is 11.1. The van der Waals surface area contributed by atoms with Crippen molar-refractivity contribution in [3.05, 3.63) is 53.2 Å². The van der Waals surface area contributed by atoms with E-state index in [1.807, 2.05) is 19.1 Å². The Labute approximate surface area is 162 Å². The van der Waals surface area contributed by atoms with Crippen LogP contribution < -0.4 is 20.1 Å². The van der Waals surface area contributed by atoms with Crippen LogP contribution in [0.25, 0.3) is 0 Å². The first-order valence-corrected chi connectivity index (χ1v) is 9.32. The molecule has 6 heteroatoms. The number of rotatable bonds is 9. The van der Waals surface area contributed by atoms with E-state index in [2.05, 4.69) is 45.7 Å². The van der Waals surface area contributed by atoms with Gasteiger partial charge in [0, 0.05) is 31.9 Å². The van der Waals surface area contributed by atoms with Gasteiger partial charge in [0.05, 0.1) is 13.7 Å². The molecule has 2 N–H and O–H groups in total. The molecule has 2 rings (SSSR count). The number of aromatic nitrogens is 1. The predicted molar refractivity (Wildman–Crippen MR) is 110 cm³/mol. The van der Waals surface area contributed by atoms with E-state index in [0.717, 1.165) is 42.2 Å². The highest BCUT2D eigenvalue weighted by molar-refractivity contribution is 5.79. The van der Waals surface area contributed by atoms with Gasteiger partial charge in [0.25, 0.3) is 0 Å². The number of pyridine rings is 1. The fourth-order valence-corrected chi connectivity index (χ4v) is 2.63. The molecule has 0 saturated heterocycles. The minimum Gasteiger partial charge on any atom is -0.496 e. The first-order valence-electron chi connectivity index (χ1n) is 9.32. The number of hydrogen-bond donors (Lipinski definition) is 2. The van der Waals surface area contributed by atoms with Gasteiger partial charge in [-0.2, -0.15) is 0 Å². The van der Waals surface area contributed by atoms with Crippen LogP contribution in [0.2, 0.25) is 0 Å². The maximum atomic E-state index is 5.70. The molecule has 0 fully saturated rings. The zero-order valence-electron chi connectivity index (χ0n) is 16.7. The molecule has 0 atom stereocenters. The topological polar surface area (TPSA) is 67.8 Å². The zero-order valence-corrected chi connectivity index (χ0v) is 16.7. The smallest absolute Gasteiger partial charge is 0.218 e. The van der Waals surface area contributed by atoms with Gasteiger partial charge in [-0.05, 0) is 43.0 Å². The minimum atomic E-state index is 0.602. The van der Waals surface area contributed by atoms with E-state index >= 15 is 0 Å². The van der Waals surface area contributed by atoms with Crippen molar-refractivity contribution in [2.45, 2.75) is 33.2 Å². The van der Waals surface area contributed by atoms with Crippen LogP contribution in [0.3, 0.4) is 0 Å². The highest BCUT2D eigenvalue weighted by Crippen LogP contribution is 2.19. The lowest BCUT2D eigenvalue weighted by atomic mass is 10.1. The van der Waals surface area contributed by atoms with Gasteiger partial charge in [0.1, 0.15) is 5.75 Å². The Balaban J connectivity index is 1.84. The Kier molecular flexibility index (Phi) is 8.42. The summed E-state index contributed by atoms with van der Waals surface area (Å²) >= 11 is 0. The standard InChI is InChI=1S/C21H30N4O2/c1-5-13-27-20-18(7-6-11-23-20)15-25-21(22-3)24-12-10-17-9-8-16(2)19(14-17)26-4/h6-9,11,14H,5,10,12-13,15H2,1-4H3,(H2,22,24,25). The van der Waals surface area contributed by atoms with E-state index in [9.17, 15) is 0 Å². The number of benzene rings is 1. The third kappa shape index (κ3) is 6.47. The number of aliphatic imine (C=N–C) groups is 1. The van der Waals surface area contributed by atoms with Crippen LogP contribution >= 0.6 is 0 Å². The highest BCUT2D eigenvalue weighted by Gasteiger charge is 2.06. The molecule has 1 aromatic carbocycles. The molecule has 146 valence electrons. The Morgan fingerprint density at radius 1 is 1.22 bits per heavy atom. The monoisotopic (exact) mass is 370 g/mol. The van der Waals surface area contributed by atoms with Gasteiger partial charge in [0.15, 0.2) is 5.96 Å². The van der Waals surface area contributed by atoms with Gasteiger partial charge in [-0.25, -0.2) is 4.98 Å². The van der Waals surface area contributed by atoms with Crippen molar-refractivity contribution in [3.63, 3.8) is 0 Å². The molecular weight excluding hydrogens is 340 g/mol. The number of nitrogens with one attached hydrogen (secondary N) is 2. The quantitative estimate of drug-likeness (QED) is 0.524. The van der Waals surface area contributed by atoms with Crippen molar-refractivity contribution in [1.29, 1.82) is 0 Å². The maximum Gasteiger partial charge on any atom is 0.218 e. The molecular formula is C21H30N4O2. The van der Waals surface area contributed by atoms with Crippen molar-refractivity contribution < 1.29 is 9.47 Å². The molecule has 1 heterocycles. The van der Waals surface area contributed by atoms with Crippen LogP contribution in [0.5, 0.6) is 11.6 Å². The first-order chi connectivity index (χ1) is 13.2. The van der Waals surface area contributed by atoms with E-state index in [-0.39, 0.29) is 0 Å². The predicted octanol–water partition coefficient (Wildman–Crippen LogP) is 3.10. The second-order valence-electron chi connectivity index (χ2n) is 6.22. The zero-order chi connectivity index (χ0) is 19.5. The van der Waals surface area contributed by atoms with E-state index in [1.165, 1.54) is 5.56 Å². The van der Waals surface area contributed by atoms with Crippen molar-refractivity contribution in [2.75, 3.05) is 27.3 Å². The van der Waals surface area contributed by atoms with Gasteiger partial charge >= 0.3 is 0 Å². The van der Waals surface area contributed by atoms with Crippen LogP contribution in [0.15, 0.2) is 41.5 Å². The van der Waals surface area contributed by atoms with Crippen molar-refractivity contribution >= 4 is 5.96 Å². The Bertz CT molecular complexity index is 747. The van der Waals surface area contributed by atoms with Gasteiger partial charge in [-0.15, -0.1) is 0 Å². The summed E-state index contributed by atoms with van der Waals surface area (Å²) in [6.45, 7) is 6.17. The molecule has 0 amide bonds. The number of nitrogens with zero attached hydrogens (tertiary/aromatic N) is 2. The molecule has 27 heavy (non-hydrogen) atoms. The lowest BCUT2D eigenvalue weighted by Crippen LogP contribution is -2.38. The van der Waals surface area contributed by atoms with Crippen molar-refractivity contribution in [1.82, 2.24) is 15.6 Å². The third-order valence-corrected chi connectivity index (χ3v) is 4.14. The number of hydrogen-bond acceptors (Lipinski definition) is 4. The normalized spacial score (nSPS) is 11.2. The molecule has 0 unspecified atom stereocenters. The Hall–Kier alpha value is -2.76. The SMILES string of the molecule is CCCOc1ncccc1CNC(=NC)NCCc1ccc(C)c(OC)c1. The molecule has 0 aliphatic rings. The fourth-order valence-electron chi connectivity index (χ4n) is 2.63. The van der Waals surface area contributed by atoms with E-state index < -0.39 is 0 Å². The van der Waals surface area contributed by atoms with E-state index in [1.54, 1.807) is 20.4 Å². The largest absolute Gasteiger partial charge is 0.496 e. The Morgan fingerprint density at radius 2 is 2.07 bits per heavy atom. The lowest BCUT2D eigenvalue weighted by Gasteiger charge is -2.14. The second-order valence-corrected chi connectivity index (χ2v) is 6.22. The molecule has 0 saturated carbocycles. The van der Waals surface area contributed by atoms with E-state index in [0.29, 0.717) is 19.0 Å². The van der Waals surface area contributed by atoms with Crippen LogP contribution in [0.1, 0.15) is 30.0 Å². The van der Waals surface area contributed by atoms with Gasteiger partial charge < -0.3 is 20.1 Å². The van der Waals surface area contributed by atoms with Crippen molar-refractivity contribution in [2.24, 2.45) is 4.99 Å². The number of ether oxygens (including phenoxy) is 2. The lowest BCUT2D eigenvalue weighted by molar-refractivity contribution is 0.301. The van der Waals surface area contributed by atoms with Crippen LogP contribution in [0.4, 0.5) is 0 Å². The summed E-state index contributed by atoms with van der Waals surface area (Å²) in [5, 5.41) is 6.65. The first kappa shape index (κ1) is 20.6. The minimum absolute atomic E-state index is 0.602. The Morgan fingerprint density at radius 3 is 2.81 bits per heavy atom. The average molecular weight is 370 g/mol. The summed E-state index contributed by atoms with van der Waals surface area (Å²) in [4.78, 5) is 8.59. The average Bonchev–Trinajstić information content (AvgIpc) is 2.70.